The van der Waals surface area contributed by atoms with Gasteiger partial charge in [0.25, 0.3) is 0 Å². The Balaban J connectivity index is 1.40. The van der Waals surface area contributed by atoms with Crippen LogP contribution in [0, 0.1) is 6.92 Å². The Morgan fingerprint density at radius 2 is 1.66 bits per heavy atom. The van der Waals surface area contributed by atoms with Gasteiger partial charge in [-0.05, 0) is 64.5 Å². The highest BCUT2D eigenvalue weighted by Gasteiger charge is 2.30. The van der Waals surface area contributed by atoms with Gasteiger partial charge >= 0.3 is 0 Å². The highest BCUT2D eigenvalue weighted by Crippen LogP contribution is 2.31. The third-order valence-electron chi connectivity index (χ3n) is 7.73. The van der Waals surface area contributed by atoms with E-state index in [1.165, 1.54) is 32.1 Å². The van der Waals surface area contributed by atoms with Gasteiger partial charge in [0.15, 0.2) is 0 Å². The standard InChI is InChI=1S/C26H38N8O/c1-18-14-21(24(27)35)16-28-25(18)32-12-13-33(20(3)17-32)23-15-22(31-9-5-4-6-10-31)29-26(30-23)34-11-7-8-19(34)2/h14-16,19-20H,4-13,17H2,1-3H3,(H2,27,35). The quantitative estimate of drug-likeness (QED) is 0.701. The number of nitrogens with two attached hydrogens (primary N) is 1. The fourth-order valence-electron chi connectivity index (χ4n) is 5.72. The predicted octanol–water partition coefficient (Wildman–Crippen LogP) is 2.97. The molecule has 0 saturated carbocycles. The molecule has 188 valence electrons. The summed E-state index contributed by atoms with van der Waals surface area (Å²) in [5.41, 5.74) is 6.86. The van der Waals surface area contributed by atoms with E-state index < -0.39 is 5.91 Å². The number of hydrogen-bond acceptors (Lipinski definition) is 8. The molecule has 3 aliphatic heterocycles. The summed E-state index contributed by atoms with van der Waals surface area (Å²) in [4.78, 5) is 35.8. The van der Waals surface area contributed by atoms with Crippen LogP contribution in [0.3, 0.4) is 0 Å². The molecule has 0 radical (unpaired) electrons. The Kier molecular flexibility index (Phi) is 6.67. The summed E-state index contributed by atoms with van der Waals surface area (Å²) in [6.07, 6.45) is 7.74. The predicted molar refractivity (Wildman–Crippen MR) is 141 cm³/mol. The third-order valence-corrected chi connectivity index (χ3v) is 7.73. The minimum Gasteiger partial charge on any atom is -0.366 e. The topological polar surface area (TPSA) is 94.7 Å². The average Bonchev–Trinajstić information content (AvgIpc) is 3.30. The van der Waals surface area contributed by atoms with E-state index in [1.54, 1.807) is 6.20 Å². The molecule has 9 heteroatoms. The first-order valence-electron chi connectivity index (χ1n) is 13.1. The molecule has 0 bridgehead atoms. The molecule has 2 aromatic rings. The summed E-state index contributed by atoms with van der Waals surface area (Å²) in [5.74, 6) is 3.45. The number of carbonyl (C=O) groups is 1. The zero-order valence-electron chi connectivity index (χ0n) is 21.3. The monoisotopic (exact) mass is 478 g/mol. The molecule has 0 aromatic carbocycles. The van der Waals surface area contributed by atoms with Crippen LogP contribution in [0.1, 0.15) is 61.9 Å². The summed E-state index contributed by atoms with van der Waals surface area (Å²) in [6, 6.07) is 4.77. The number of hydrogen-bond donors (Lipinski definition) is 1. The van der Waals surface area contributed by atoms with Gasteiger partial charge in [-0.25, -0.2) is 4.98 Å². The molecule has 2 atom stereocenters. The molecule has 2 unspecified atom stereocenters. The summed E-state index contributed by atoms with van der Waals surface area (Å²) >= 11 is 0. The SMILES string of the molecule is Cc1cc(C(N)=O)cnc1N1CCN(c2cc(N3CCCCC3)nc(N3CCCC3C)n2)C(C)C1. The van der Waals surface area contributed by atoms with Crippen LogP contribution in [0.4, 0.5) is 23.4 Å². The number of amides is 1. The van der Waals surface area contributed by atoms with Crippen molar-refractivity contribution in [2.45, 2.75) is 65.0 Å². The highest BCUT2D eigenvalue weighted by atomic mass is 16.1. The highest BCUT2D eigenvalue weighted by molar-refractivity contribution is 5.92. The van der Waals surface area contributed by atoms with Gasteiger partial charge in [-0.2, -0.15) is 9.97 Å². The lowest BCUT2D eigenvalue weighted by Crippen LogP contribution is -2.53. The van der Waals surface area contributed by atoms with Crippen molar-refractivity contribution in [3.63, 3.8) is 0 Å². The number of aryl methyl sites for hydroxylation is 1. The van der Waals surface area contributed by atoms with Crippen LogP contribution < -0.4 is 25.3 Å². The summed E-state index contributed by atoms with van der Waals surface area (Å²) < 4.78 is 0. The fraction of sp³-hybridized carbons (Fsp3) is 0.615. The number of primary amides is 1. The number of piperazine rings is 1. The fourth-order valence-corrected chi connectivity index (χ4v) is 5.72. The van der Waals surface area contributed by atoms with Gasteiger partial charge < -0.3 is 25.3 Å². The van der Waals surface area contributed by atoms with E-state index in [0.717, 1.165) is 68.2 Å². The summed E-state index contributed by atoms with van der Waals surface area (Å²) in [6.45, 7) is 12.2. The van der Waals surface area contributed by atoms with Gasteiger partial charge in [0.2, 0.25) is 11.9 Å². The molecule has 2 aromatic heterocycles. The van der Waals surface area contributed by atoms with E-state index in [9.17, 15) is 4.79 Å². The zero-order chi connectivity index (χ0) is 24.5. The molecule has 1 amide bonds. The van der Waals surface area contributed by atoms with Crippen LogP contribution in [0.2, 0.25) is 0 Å². The first-order valence-corrected chi connectivity index (χ1v) is 13.1. The first kappa shape index (κ1) is 23.6. The average molecular weight is 479 g/mol. The molecular formula is C26H38N8O. The van der Waals surface area contributed by atoms with Gasteiger partial charge in [-0.15, -0.1) is 0 Å². The molecule has 3 saturated heterocycles. The lowest BCUT2D eigenvalue weighted by Gasteiger charge is -2.42. The van der Waals surface area contributed by atoms with Crippen molar-refractivity contribution in [1.29, 1.82) is 0 Å². The van der Waals surface area contributed by atoms with Crippen molar-refractivity contribution in [1.82, 2.24) is 15.0 Å². The van der Waals surface area contributed by atoms with Crippen LogP contribution in [-0.2, 0) is 0 Å². The van der Waals surface area contributed by atoms with Crippen molar-refractivity contribution < 1.29 is 4.79 Å². The van der Waals surface area contributed by atoms with Crippen LogP contribution in [0.25, 0.3) is 0 Å². The maximum absolute atomic E-state index is 11.5. The Morgan fingerprint density at radius 1 is 0.886 bits per heavy atom. The second-order valence-corrected chi connectivity index (χ2v) is 10.3. The van der Waals surface area contributed by atoms with Crippen LogP contribution in [0.5, 0.6) is 0 Å². The van der Waals surface area contributed by atoms with Crippen molar-refractivity contribution in [2.75, 3.05) is 58.9 Å². The van der Waals surface area contributed by atoms with Crippen molar-refractivity contribution in [3.05, 3.63) is 29.5 Å². The second kappa shape index (κ2) is 9.87. The number of aromatic nitrogens is 3. The number of pyridine rings is 1. The molecule has 5 rings (SSSR count). The van der Waals surface area contributed by atoms with Crippen molar-refractivity contribution >= 4 is 29.3 Å². The van der Waals surface area contributed by atoms with Gasteiger partial charge in [-0.3, -0.25) is 4.79 Å². The van der Waals surface area contributed by atoms with Gasteiger partial charge in [-0.1, -0.05) is 0 Å². The second-order valence-electron chi connectivity index (χ2n) is 10.3. The Bertz CT molecular complexity index is 1070. The van der Waals surface area contributed by atoms with E-state index in [1.807, 2.05) is 13.0 Å². The van der Waals surface area contributed by atoms with E-state index >= 15 is 0 Å². The minimum absolute atomic E-state index is 0.258. The normalized spacial score (nSPS) is 23.2. The Hall–Kier alpha value is -3.10. The molecule has 3 fully saturated rings. The van der Waals surface area contributed by atoms with Crippen LogP contribution >= 0.6 is 0 Å². The Labute approximate surface area is 208 Å². The zero-order valence-corrected chi connectivity index (χ0v) is 21.3. The third kappa shape index (κ3) is 4.86. The number of nitrogens with zero attached hydrogens (tertiary/aromatic N) is 7. The molecule has 2 N–H and O–H groups in total. The molecule has 3 aliphatic rings. The smallest absolute Gasteiger partial charge is 0.250 e. The van der Waals surface area contributed by atoms with Crippen LogP contribution in [0.15, 0.2) is 18.3 Å². The minimum atomic E-state index is -0.443. The number of piperidine rings is 1. The maximum Gasteiger partial charge on any atom is 0.250 e. The lowest BCUT2D eigenvalue weighted by molar-refractivity contribution is 0.1000. The van der Waals surface area contributed by atoms with E-state index in [4.69, 9.17) is 15.7 Å². The Morgan fingerprint density at radius 3 is 2.31 bits per heavy atom. The van der Waals surface area contributed by atoms with E-state index in [2.05, 4.69) is 44.5 Å². The molecule has 0 aliphatic carbocycles. The van der Waals surface area contributed by atoms with Crippen molar-refractivity contribution in [2.24, 2.45) is 5.73 Å². The van der Waals surface area contributed by atoms with E-state index in [-0.39, 0.29) is 6.04 Å². The number of rotatable bonds is 5. The summed E-state index contributed by atoms with van der Waals surface area (Å²) in [5, 5.41) is 0. The number of anilines is 4. The number of carbonyl (C=O) groups excluding carboxylic acids is 1. The molecule has 5 heterocycles. The van der Waals surface area contributed by atoms with E-state index in [0.29, 0.717) is 11.6 Å². The molecule has 9 nitrogen and oxygen atoms in total. The first-order chi connectivity index (χ1) is 16.9. The molecule has 0 spiro atoms. The van der Waals surface area contributed by atoms with Crippen LogP contribution in [-0.4, -0.2) is 72.2 Å². The van der Waals surface area contributed by atoms with Gasteiger partial charge in [0, 0.05) is 63.6 Å². The van der Waals surface area contributed by atoms with Crippen molar-refractivity contribution in [3.8, 4) is 0 Å². The summed E-state index contributed by atoms with van der Waals surface area (Å²) in [7, 11) is 0. The molecular weight excluding hydrogens is 440 g/mol. The van der Waals surface area contributed by atoms with Gasteiger partial charge in [0.1, 0.15) is 17.5 Å². The maximum atomic E-state index is 11.5. The van der Waals surface area contributed by atoms with Gasteiger partial charge in [0.05, 0.1) is 5.56 Å². The largest absolute Gasteiger partial charge is 0.366 e. The lowest BCUT2D eigenvalue weighted by atomic mass is 10.1. The molecule has 35 heavy (non-hydrogen) atoms.